The Morgan fingerprint density at radius 3 is 2.67 bits per heavy atom. The molecule has 1 aliphatic heterocycles. The Morgan fingerprint density at radius 1 is 1.29 bits per heavy atom. The quantitative estimate of drug-likeness (QED) is 0.806. The Balaban J connectivity index is 1.70. The van der Waals surface area contributed by atoms with E-state index in [2.05, 4.69) is 0 Å². The molecule has 6 heteroatoms. The lowest BCUT2D eigenvalue weighted by molar-refractivity contribution is -0.123. The summed E-state index contributed by atoms with van der Waals surface area (Å²) in [6, 6.07) is 5.81. The third-order valence-electron chi connectivity index (χ3n) is 3.96. The molecule has 2 aliphatic rings. The van der Waals surface area contributed by atoms with Gasteiger partial charge in [-0.05, 0) is 37.0 Å². The van der Waals surface area contributed by atoms with Gasteiger partial charge in [0.05, 0.1) is 13.2 Å². The molecule has 1 heterocycles. The zero-order valence-corrected chi connectivity index (χ0v) is 12.7. The summed E-state index contributed by atoms with van der Waals surface area (Å²) in [5.41, 5.74) is 10.8. The highest BCUT2D eigenvalue weighted by Gasteiger charge is 2.46. The Kier molecular flexibility index (Phi) is 3.99. The predicted molar refractivity (Wildman–Crippen MR) is 81.6 cm³/mol. The molecule has 3 rings (SSSR count). The first-order valence-corrected chi connectivity index (χ1v) is 8.19. The molecule has 1 amide bonds. The molecule has 1 atom stereocenters. The number of nitrogens with two attached hydrogens (primary N) is 2. The highest BCUT2D eigenvalue weighted by atomic mass is 32.2. The van der Waals surface area contributed by atoms with Gasteiger partial charge in [0.1, 0.15) is 5.54 Å². The lowest BCUT2D eigenvalue weighted by Gasteiger charge is -2.25. The molecule has 1 saturated carbocycles. The Bertz CT molecular complexity index is 548. The van der Waals surface area contributed by atoms with Crippen LogP contribution in [-0.4, -0.2) is 30.4 Å². The fourth-order valence-corrected chi connectivity index (χ4v) is 3.56. The number of amides is 1. The molecule has 1 aromatic carbocycles. The lowest BCUT2D eigenvalue weighted by atomic mass is 9.96. The summed E-state index contributed by atoms with van der Waals surface area (Å²) in [4.78, 5) is 12.7. The van der Waals surface area contributed by atoms with E-state index in [0.29, 0.717) is 19.0 Å². The molecule has 114 valence electrons. The second-order valence-electron chi connectivity index (χ2n) is 5.63. The second kappa shape index (κ2) is 5.77. The highest BCUT2D eigenvalue weighted by molar-refractivity contribution is 7.99. The summed E-state index contributed by atoms with van der Waals surface area (Å²) in [7, 11) is 0. The van der Waals surface area contributed by atoms with Crippen molar-refractivity contribution < 1.29 is 14.3 Å². The molecule has 0 spiro atoms. The van der Waals surface area contributed by atoms with Crippen LogP contribution in [-0.2, 0) is 4.79 Å². The zero-order valence-electron chi connectivity index (χ0n) is 11.8. The second-order valence-corrected chi connectivity index (χ2v) is 6.68. The number of primary amides is 1. The molecule has 0 radical (unpaired) electrons. The molecular formula is C15H20N2O3S. The summed E-state index contributed by atoms with van der Waals surface area (Å²) in [6.07, 6.45) is 2.86. The molecule has 21 heavy (non-hydrogen) atoms. The number of rotatable bonds is 5. The van der Waals surface area contributed by atoms with Crippen LogP contribution in [0.5, 0.6) is 11.5 Å². The maximum atomic E-state index is 11.6. The van der Waals surface area contributed by atoms with Gasteiger partial charge < -0.3 is 20.9 Å². The van der Waals surface area contributed by atoms with Crippen molar-refractivity contribution in [3.63, 3.8) is 0 Å². The van der Waals surface area contributed by atoms with E-state index in [1.54, 1.807) is 11.8 Å². The van der Waals surface area contributed by atoms with Crippen molar-refractivity contribution in [1.29, 1.82) is 0 Å². The molecule has 1 unspecified atom stereocenters. The molecule has 5 nitrogen and oxygen atoms in total. The topological polar surface area (TPSA) is 87.6 Å². The summed E-state index contributed by atoms with van der Waals surface area (Å²) in [6.45, 7) is 1.33. The minimum atomic E-state index is -0.908. The van der Waals surface area contributed by atoms with Crippen molar-refractivity contribution in [2.45, 2.75) is 29.7 Å². The van der Waals surface area contributed by atoms with E-state index in [1.807, 2.05) is 18.2 Å². The van der Waals surface area contributed by atoms with Crippen LogP contribution in [0.4, 0.5) is 0 Å². The van der Waals surface area contributed by atoms with E-state index in [1.165, 1.54) is 0 Å². The number of thioether (sulfide) groups is 1. The van der Waals surface area contributed by atoms with Crippen LogP contribution >= 0.6 is 11.8 Å². The average Bonchev–Trinajstić information content (AvgIpc) is 3.30. The highest BCUT2D eigenvalue weighted by Crippen LogP contribution is 2.41. The number of ether oxygens (including phenoxy) is 2. The third kappa shape index (κ3) is 3.11. The monoisotopic (exact) mass is 308 g/mol. The average molecular weight is 308 g/mol. The van der Waals surface area contributed by atoms with Crippen LogP contribution in [0.2, 0.25) is 0 Å². The van der Waals surface area contributed by atoms with Gasteiger partial charge in [-0.1, -0.05) is 0 Å². The normalized spacial score (nSPS) is 20.4. The number of fused-ring (bicyclic) bond motifs is 1. The van der Waals surface area contributed by atoms with Gasteiger partial charge in [0.25, 0.3) is 0 Å². The van der Waals surface area contributed by atoms with E-state index in [0.717, 1.165) is 35.7 Å². The Morgan fingerprint density at radius 2 is 2.00 bits per heavy atom. The fraction of sp³-hybridized carbons (Fsp3) is 0.533. The van der Waals surface area contributed by atoms with Crippen molar-refractivity contribution in [3.05, 3.63) is 18.2 Å². The van der Waals surface area contributed by atoms with Crippen molar-refractivity contribution in [2.24, 2.45) is 17.4 Å². The molecular weight excluding hydrogens is 288 g/mol. The lowest BCUT2D eigenvalue weighted by Crippen LogP contribution is -2.56. The zero-order chi connectivity index (χ0) is 14.9. The minimum absolute atomic E-state index is 0.225. The van der Waals surface area contributed by atoms with Gasteiger partial charge in [-0.25, -0.2) is 0 Å². The van der Waals surface area contributed by atoms with Crippen LogP contribution in [0.1, 0.15) is 19.3 Å². The minimum Gasteiger partial charge on any atom is -0.490 e. The summed E-state index contributed by atoms with van der Waals surface area (Å²) >= 11 is 1.54. The van der Waals surface area contributed by atoms with Crippen LogP contribution < -0.4 is 20.9 Å². The number of hydrogen-bond acceptors (Lipinski definition) is 5. The van der Waals surface area contributed by atoms with Crippen molar-refractivity contribution in [1.82, 2.24) is 0 Å². The molecule has 1 aliphatic carbocycles. The van der Waals surface area contributed by atoms with Gasteiger partial charge in [0.2, 0.25) is 5.91 Å². The largest absolute Gasteiger partial charge is 0.490 e. The van der Waals surface area contributed by atoms with Crippen LogP contribution in [0, 0.1) is 5.92 Å². The van der Waals surface area contributed by atoms with Crippen LogP contribution in [0.25, 0.3) is 0 Å². The van der Waals surface area contributed by atoms with E-state index >= 15 is 0 Å². The SMILES string of the molecule is NC(=O)C(N)(CSc1ccc2c(c1)OCCCO2)C1CC1. The Hall–Kier alpha value is -1.40. The number of benzene rings is 1. The van der Waals surface area contributed by atoms with Crippen LogP contribution in [0.3, 0.4) is 0 Å². The van der Waals surface area contributed by atoms with Gasteiger partial charge in [0.15, 0.2) is 11.5 Å². The molecule has 1 fully saturated rings. The Labute approximate surface area is 128 Å². The maximum absolute atomic E-state index is 11.6. The first-order chi connectivity index (χ1) is 10.1. The van der Waals surface area contributed by atoms with E-state index < -0.39 is 11.4 Å². The van der Waals surface area contributed by atoms with Gasteiger partial charge >= 0.3 is 0 Å². The third-order valence-corrected chi connectivity index (χ3v) is 5.17. The first kappa shape index (κ1) is 14.5. The van der Waals surface area contributed by atoms with Crippen molar-refractivity contribution in [2.75, 3.05) is 19.0 Å². The standard InChI is InChI=1S/C15H20N2O3S/c16-14(18)15(17,10-2-3-10)9-21-11-4-5-12-13(8-11)20-7-1-6-19-12/h4-5,8,10H,1-3,6-7,9,17H2,(H2,16,18). The van der Waals surface area contributed by atoms with Crippen LogP contribution in [0.15, 0.2) is 23.1 Å². The van der Waals surface area contributed by atoms with Gasteiger partial charge in [0, 0.05) is 17.1 Å². The first-order valence-electron chi connectivity index (χ1n) is 7.21. The van der Waals surface area contributed by atoms with E-state index in [4.69, 9.17) is 20.9 Å². The van der Waals surface area contributed by atoms with Crippen molar-refractivity contribution >= 4 is 17.7 Å². The van der Waals surface area contributed by atoms with Gasteiger partial charge in [-0.3, -0.25) is 4.79 Å². The van der Waals surface area contributed by atoms with Gasteiger partial charge in [-0.2, -0.15) is 0 Å². The smallest absolute Gasteiger partial charge is 0.238 e. The molecule has 0 saturated heterocycles. The maximum Gasteiger partial charge on any atom is 0.238 e. The number of carbonyl (C=O) groups excluding carboxylic acids is 1. The molecule has 0 bridgehead atoms. The summed E-state index contributed by atoms with van der Waals surface area (Å²) in [5, 5.41) is 0. The summed E-state index contributed by atoms with van der Waals surface area (Å²) < 4.78 is 11.3. The fourth-order valence-electron chi connectivity index (χ4n) is 2.42. The molecule has 1 aromatic rings. The molecule has 4 N–H and O–H groups in total. The van der Waals surface area contributed by atoms with E-state index in [-0.39, 0.29) is 5.92 Å². The van der Waals surface area contributed by atoms with Gasteiger partial charge in [-0.15, -0.1) is 11.8 Å². The predicted octanol–water partition coefficient (Wildman–Crippen LogP) is 1.53. The summed E-state index contributed by atoms with van der Waals surface area (Å²) in [5.74, 6) is 1.83. The van der Waals surface area contributed by atoms with Crippen molar-refractivity contribution in [3.8, 4) is 11.5 Å². The number of carbonyl (C=O) groups is 1. The van der Waals surface area contributed by atoms with E-state index in [9.17, 15) is 4.79 Å². The number of hydrogen-bond donors (Lipinski definition) is 2. The molecule has 0 aromatic heterocycles.